The molecule has 19 heavy (non-hydrogen) atoms. The predicted molar refractivity (Wildman–Crippen MR) is 69.4 cm³/mol. The summed E-state index contributed by atoms with van der Waals surface area (Å²) in [6, 6.07) is 3.86. The third kappa shape index (κ3) is 5.06. The van der Waals surface area contributed by atoms with Crippen LogP contribution in [0.2, 0.25) is 0 Å². The Kier molecular flexibility index (Phi) is 5.60. The molecule has 0 aliphatic carbocycles. The second kappa shape index (κ2) is 6.75. The van der Waals surface area contributed by atoms with Crippen LogP contribution in [0, 0.1) is 0 Å². The summed E-state index contributed by atoms with van der Waals surface area (Å²) in [5.74, 6) is -0.468. The van der Waals surface area contributed by atoms with Gasteiger partial charge in [-0.25, -0.2) is 0 Å². The molecule has 0 heterocycles. The van der Waals surface area contributed by atoms with Gasteiger partial charge in [-0.15, -0.1) is 0 Å². The summed E-state index contributed by atoms with van der Waals surface area (Å²) in [6.45, 7) is 1.91. The zero-order valence-corrected chi connectivity index (χ0v) is 11.7. The number of hydrogen-bond donors (Lipinski definition) is 0. The molecule has 104 valence electrons. The molecule has 1 aromatic carbocycles. The van der Waals surface area contributed by atoms with Gasteiger partial charge in [0.15, 0.2) is 0 Å². The van der Waals surface area contributed by atoms with Gasteiger partial charge in [0.2, 0.25) is 0 Å². The monoisotopic (exact) mass is 336 g/mol. The molecule has 0 radical (unpaired) electrons. The number of benzene rings is 1. The molecular weight excluding hydrogens is 325 g/mol. The smallest absolute Gasteiger partial charge is 0.417 e. The third-order valence-electron chi connectivity index (χ3n) is 2.21. The molecule has 0 saturated heterocycles. The van der Waals surface area contributed by atoms with Gasteiger partial charge in [0, 0.05) is 4.47 Å². The van der Waals surface area contributed by atoms with Crippen molar-refractivity contribution in [3.05, 3.63) is 39.9 Å². The van der Waals surface area contributed by atoms with Crippen LogP contribution < -0.4 is 0 Å². The van der Waals surface area contributed by atoms with Crippen LogP contribution in [0.5, 0.6) is 0 Å². The lowest BCUT2D eigenvalue weighted by Crippen LogP contribution is -2.07. The molecule has 0 fully saturated rings. The lowest BCUT2D eigenvalue weighted by atomic mass is 10.1. The standard InChI is InChI=1S/C13H12BrF3O2/c1-2-19-12(18)5-3-4-9-6-7-10(14)8-11(9)13(15,16)17/h3-4,6-8H,2,5H2,1H3. The average Bonchev–Trinajstić information content (AvgIpc) is 2.30. The summed E-state index contributed by atoms with van der Waals surface area (Å²) in [6.07, 6.45) is -1.86. The van der Waals surface area contributed by atoms with Crippen molar-refractivity contribution in [3.63, 3.8) is 0 Å². The first kappa shape index (κ1) is 15.8. The van der Waals surface area contributed by atoms with Crippen LogP contribution >= 0.6 is 15.9 Å². The Labute approximate surface area is 117 Å². The fourth-order valence-corrected chi connectivity index (χ4v) is 1.78. The lowest BCUT2D eigenvalue weighted by Gasteiger charge is -2.10. The molecular formula is C13H12BrF3O2. The third-order valence-corrected chi connectivity index (χ3v) is 2.70. The highest BCUT2D eigenvalue weighted by atomic mass is 79.9. The second-order valence-electron chi connectivity index (χ2n) is 3.64. The molecule has 0 spiro atoms. The van der Waals surface area contributed by atoms with Crippen LogP contribution in [0.3, 0.4) is 0 Å². The van der Waals surface area contributed by atoms with Gasteiger partial charge < -0.3 is 4.74 Å². The summed E-state index contributed by atoms with van der Waals surface area (Å²) in [4.78, 5) is 11.1. The van der Waals surface area contributed by atoms with Crippen molar-refractivity contribution in [1.29, 1.82) is 0 Å². The lowest BCUT2D eigenvalue weighted by molar-refractivity contribution is -0.142. The van der Waals surface area contributed by atoms with Gasteiger partial charge in [-0.1, -0.05) is 34.1 Å². The predicted octanol–water partition coefficient (Wildman–Crippen LogP) is 4.43. The number of hydrogen-bond acceptors (Lipinski definition) is 2. The number of rotatable bonds is 4. The molecule has 0 aliphatic rings. The molecule has 0 saturated carbocycles. The van der Waals surface area contributed by atoms with Gasteiger partial charge in [-0.2, -0.15) is 13.2 Å². The quantitative estimate of drug-likeness (QED) is 0.760. The highest BCUT2D eigenvalue weighted by molar-refractivity contribution is 9.10. The van der Waals surface area contributed by atoms with Crippen molar-refractivity contribution in [2.24, 2.45) is 0 Å². The first-order chi connectivity index (χ1) is 8.84. The number of carbonyl (C=O) groups excluding carboxylic acids is 1. The van der Waals surface area contributed by atoms with Crippen molar-refractivity contribution in [1.82, 2.24) is 0 Å². The first-order valence-electron chi connectivity index (χ1n) is 5.53. The first-order valence-corrected chi connectivity index (χ1v) is 6.32. The molecule has 6 heteroatoms. The maximum atomic E-state index is 12.8. The maximum Gasteiger partial charge on any atom is 0.417 e. The van der Waals surface area contributed by atoms with Crippen molar-refractivity contribution in [2.75, 3.05) is 6.61 Å². The maximum absolute atomic E-state index is 12.8. The van der Waals surface area contributed by atoms with E-state index < -0.39 is 17.7 Å². The minimum Gasteiger partial charge on any atom is -0.466 e. The van der Waals surface area contributed by atoms with E-state index in [0.29, 0.717) is 4.47 Å². The minimum atomic E-state index is -4.44. The molecule has 0 amide bonds. The van der Waals surface area contributed by atoms with Crippen molar-refractivity contribution < 1.29 is 22.7 Å². The average molecular weight is 337 g/mol. The van der Waals surface area contributed by atoms with E-state index in [-0.39, 0.29) is 18.6 Å². The van der Waals surface area contributed by atoms with E-state index in [0.717, 1.165) is 6.07 Å². The van der Waals surface area contributed by atoms with Crippen molar-refractivity contribution in [2.45, 2.75) is 19.5 Å². The number of carbonyl (C=O) groups is 1. The van der Waals surface area contributed by atoms with E-state index in [9.17, 15) is 18.0 Å². The van der Waals surface area contributed by atoms with Crippen molar-refractivity contribution >= 4 is 28.0 Å². The van der Waals surface area contributed by atoms with Crippen LogP contribution in [0.15, 0.2) is 28.7 Å². The van der Waals surface area contributed by atoms with E-state index >= 15 is 0 Å². The van der Waals surface area contributed by atoms with Crippen LogP contribution in [0.25, 0.3) is 6.08 Å². The Morgan fingerprint density at radius 1 is 1.42 bits per heavy atom. The van der Waals surface area contributed by atoms with Crippen LogP contribution in [-0.2, 0) is 15.7 Å². The zero-order chi connectivity index (χ0) is 14.5. The topological polar surface area (TPSA) is 26.3 Å². The zero-order valence-electron chi connectivity index (χ0n) is 10.1. The molecule has 0 N–H and O–H groups in total. The molecule has 1 rings (SSSR count). The van der Waals surface area contributed by atoms with E-state index in [1.54, 1.807) is 6.92 Å². The molecule has 1 aromatic rings. The Morgan fingerprint density at radius 3 is 2.68 bits per heavy atom. The Hall–Kier alpha value is -1.30. The SMILES string of the molecule is CCOC(=O)CC=Cc1ccc(Br)cc1C(F)(F)F. The van der Waals surface area contributed by atoms with Crippen LogP contribution in [0.1, 0.15) is 24.5 Å². The summed E-state index contributed by atoms with van der Waals surface area (Å²) < 4.78 is 43.4. The van der Waals surface area contributed by atoms with Gasteiger partial charge in [0.1, 0.15) is 0 Å². The van der Waals surface area contributed by atoms with Gasteiger partial charge >= 0.3 is 12.1 Å². The number of esters is 1. The van der Waals surface area contributed by atoms with E-state index in [1.165, 1.54) is 24.3 Å². The molecule has 0 aromatic heterocycles. The van der Waals surface area contributed by atoms with Gasteiger partial charge in [0.05, 0.1) is 18.6 Å². The van der Waals surface area contributed by atoms with Crippen molar-refractivity contribution in [3.8, 4) is 0 Å². The normalized spacial score (nSPS) is 11.8. The second-order valence-corrected chi connectivity index (χ2v) is 4.56. The molecule has 0 atom stereocenters. The van der Waals surface area contributed by atoms with Crippen LogP contribution in [-0.4, -0.2) is 12.6 Å². The van der Waals surface area contributed by atoms with E-state index in [1.807, 2.05) is 0 Å². The summed E-state index contributed by atoms with van der Waals surface area (Å²) >= 11 is 3.00. The fraction of sp³-hybridized carbons (Fsp3) is 0.308. The largest absolute Gasteiger partial charge is 0.466 e. The molecule has 0 unspecified atom stereocenters. The molecule has 0 aliphatic heterocycles. The number of ether oxygens (including phenoxy) is 1. The summed E-state index contributed by atoms with van der Waals surface area (Å²) in [5, 5.41) is 0. The number of halogens is 4. The summed E-state index contributed by atoms with van der Waals surface area (Å²) in [5.41, 5.74) is -0.734. The van der Waals surface area contributed by atoms with Crippen LogP contribution in [0.4, 0.5) is 13.2 Å². The van der Waals surface area contributed by atoms with Gasteiger partial charge in [-0.3, -0.25) is 4.79 Å². The Bertz CT molecular complexity index is 481. The molecule has 0 bridgehead atoms. The number of alkyl halides is 3. The molecule has 2 nitrogen and oxygen atoms in total. The van der Waals surface area contributed by atoms with E-state index in [2.05, 4.69) is 20.7 Å². The van der Waals surface area contributed by atoms with Gasteiger partial charge in [-0.05, 0) is 24.6 Å². The highest BCUT2D eigenvalue weighted by Gasteiger charge is 2.32. The van der Waals surface area contributed by atoms with E-state index in [4.69, 9.17) is 0 Å². The Morgan fingerprint density at radius 2 is 2.11 bits per heavy atom. The minimum absolute atomic E-state index is 0.0139. The van der Waals surface area contributed by atoms with Gasteiger partial charge in [0.25, 0.3) is 0 Å². The fourth-order valence-electron chi connectivity index (χ4n) is 1.42. The summed E-state index contributed by atoms with van der Waals surface area (Å²) in [7, 11) is 0. The highest BCUT2D eigenvalue weighted by Crippen LogP contribution is 2.34. The Balaban J connectivity index is 2.89.